The summed E-state index contributed by atoms with van der Waals surface area (Å²) in [5.41, 5.74) is -0.491. The van der Waals surface area contributed by atoms with Crippen LogP contribution in [0.4, 0.5) is 5.69 Å². The van der Waals surface area contributed by atoms with Gasteiger partial charge in [0.1, 0.15) is 13.2 Å². The van der Waals surface area contributed by atoms with Gasteiger partial charge in [0, 0.05) is 25.2 Å². The lowest BCUT2D eigenvalue weighted by atomic mass is 10.2. The van der Waals surface area contributed by atoms with Gasteiger partial charge in [0.2, 0.25) is 10.0 Å². The third kappa shape index (κ3) is 3.66. The monoisotopic (exact) mass is 393 g/mol. The number of nitro benzene ring substituents is 1. The van der Waals surface area contributed by atoms with Crippen molar-refractivity contribution in [2.24, 2.45) is 0 Å². The SMILES string of the molecule is CNCC1CCCN1S(=O)(=O)c1cc2c(cc1[N+](=O)[O-])OCCO2.Cl. The molecule has 1 fully saturated rings. The molecule has 2 aliphatic heterocycles. The van der Waals surface area contributed by atoms with E-state index in [0.29, 0.717) is 13.1 Å². The standard InChI is InChI=1S/C14H19N3O6S.ClH/c1-15-9-10-3-2-4-16(10)24(20,21)14-8-13-12(22-5-6-23-13)7-11(14)17(18)19;/h7-8,10,15H,2-6,9H2,1H3;1H. The van der Waals surface area contributed by atoms with Crippen LogP contribution in [0, 0.1) is 10.1 Å². The summed E-state index contributed by atoms with van der Waals surface area (Å²) in [6, 6.07) is 2.12. The first kappa shape index (κ1) is 19.7. The predicted molar refractivity (Wildman–Crippen MR) is 92.2 cm³/mol. The Bertz CT molecular complexity index is 757. The minimum Gasteiger partial charge on any atom is -0.486 e. The second-order valence-corrected chi connectivity index (χ2v) is 7.55. The normalized spacial score (nSPS) is 20.1. The highest BCUT2D eigenvalue weighted by Gasteiger charge is 2.39. The van der Waals surface area contributed by atoms with Crippen molar-refractivity contribution in [1.82, 2.24) is 9.62 Å². The van der Waals surface area contributed by atoms with Gasteiger partial charge >= 0.3 is 0 Å². The molecule has 140 valence electrons. The van der Waals surface area contributed by atoms with Gasteiger partial charge in [0.25, 0.3) is 5.69 Å². The maximum Gasteiger partial charge on any atom is 0.293 e. The first-order chi connectivity index (χ1) is 11.4. The fraction of sp³-hybridized carbons (Fsp3) is 0.571. The summed E-state index contributed by atoms with van der Waals surface area (Å²) >= 11 is 0. The van der Waals surface area contributed by atoms with E-state index < -0.39 is 20.6 Å². The van der Waals surface area contributed by atoms with Crippen LogP contribution in [0.15, 0.2) is 17.0 Å². The van der Waals surface area contributed by atoms with Crippen molar-refractivity contribution < 1.29 is 22.8 Å². The highest BCUT2D eigenvalue weighted by molar-refractivity contribution is 7.89. The molecule has 25 heavy (non-hydrogen) atoms. The van der Waals surface area contributed by atoms with Crippen molar-refractivity contribution in [3.63, 3.8) is 0 Å². The van der Waals surface area contributed by atoms with E-state index in [-0.39, 0.29) is 48.1 Å². The third-order valence-electron chi connectivity index (χ3n) is 4.17. The molecule has 9 nitrogen and oxygen atoms in total. The van der Waals surface area contributed by atoms with Gasteiger partial charge in [0.15, 0.2) is 16.4 Å². The van der Waals surface area contributed by atoms with E-state index in [1.54, 1.807) is 7.05 Å². The van der Waals surface area contributed by atoms with Gasteiger partial charge in [-0.05, 0) is 19.9 Å². The number of nitro groups is 1. The fourth-order valence-corrected chi connectivity index (χ4v) is 4.95. The number of hydrogen-bond donors (Lipinski definition) is 1. The molecule has 1 atom stereocenters. The lowest BCUT2D eigenvalue weighted by molar-refractivity contribution is -0.388. The van der Waals surface area contributed by atoms with E-state index in [2.05, 4.69) is 5.32 Å². The number of sulfonamides is 1. The minimum atomic E-state index is -4.00. The molecule has 2 heterocycles. The van der Waals surface area contributed by atoms with Gasteiger partial charge in [-0.2, -0.15) is 4.31 Å². The van der Waals surface area contributed by atoms with E-state index in [1.165, 1.54) is 10.4 Å². The summed E-state index contributed by atoms with van der Waals surface area (Å²) in [6.45, 7) is 1.39. The van der Waals surface area contributed by atoms with Crippen molar-refractivity contribution >= 4 is 28.1 Å². The molecule has 0 saturated carbocycles. The number of rotatable bonds is 5. The van der Waals surface area contributed by atoms with E-state index >= 15 is 0 Å². The number of nitrogens with zero attached hydrogens (tertiary/aromatic N) is 2. The van der Waals surface area contributed by atoms with Crippen LogP contribution in [-0.2, 0) is 10.0 Å². The molecule has 1 saturated heterocycles. The Hall–Kier alpha value is -1.62. The molecule has 0 aromatic heterocycles. The zero-order valence-corrected chi connectivity index (χ0v) is 15.3. The number of hydrogen-bond acceptors (Lipinski definition) is 7. The quantitative estimate of drug-likeness (QED) is 0.590. The summed E-state index contributed by atoms with van der Waals surface area (Å²) in [7, 11) is -2.26. The van der Waals surface area contributed by atoms with Gasteiger partial charge in [-0.1, -0.05) is 0 Å². The number of nitrogens with one attached hydrogen (secondary N) is 1. The van der Waals surface area contributed by atoms with Crippen molar-refractivity contribution in [1.29, 1.82) is 0 Å². The van der Waals surface area contributed by atoms with E-state index in [1.807, 2.05) is 0 Å². The van der Waals surface area contributed by atoms with Gasteiger partial charge in [-0.15, -0.1) is 12.4 Å². The van der Waals surface area contributed by atoms with Crippen LogP contribution < -0.4 is 14.8 Å². The maximum atomic E-state index is 13.0. The summed E-state index contributed by atoms with van der Waals surface area (Å²) < 4.78 is 38.1. The van der Waals surface area contributed by atoms with E-state index in [4.69, 9.17) is 9.47 Å². The lowest BCUT2D eigenvalue weighted by Crippen LogP contribution is -2.41. The second-order valence-electron chi connectivity index (χ2n) is 5.69. The molecule has 1 aromatic rings. The topological polar surface area (TPSA) is 111 Å². The molecule has 0 radical (unpaired) electrons. The molecule has 0 spiro atoms. The summed E-state index contributed by atoms with van der Waals surface area (Å²) in [6.07, 6.45) is 1.45. The largest absolute Gasteiger partial charge is 0.486 e. The van der Waals surface area contributed by atoms with Gasteiger partial charge in [-0.25, -0.2) is 8.42 Å². The Balaban J connectivity index is 0.00000225. The Kier molecular flexibility index (Phi) is 6.09. The first-order valence-electron chi connectivity index (χ1n) is 7.69. The lowest BCUT2D eigenvalue weighted by Gasteiger charge is -2.25. The van der Waals surface area contributed by atoms with Crippen LogP contribution in [0.5, 0.6) is 11.5 Å². The number of benzene rings is 1. The molecule has 1 N–H and O–H groups in total. The average molecular weight is 394 g/mol. The summed E-state index contributed by atoms with van der Waals surface area (Å²) in [5.74, 6) is 0.412. The van der Waals surface area contributed by atoms with E-state index in [0.717, 1.165) is 18.9 Å². The van der Waals surface area contributed by atoms with Gasteiger partial charge < -0.3 is 14.8 Å². The number of fused-ring (bicyclic) bond motifs is 1. The molecule has 0 aliphatic carbocycles. The zero-order valence-electron chi connectivity index (χ0n) is 13.6. The van der Waals surface area contributed by atoms with Crippen molar-refractivity contribution in [3.8, 4) is 11.5 Å². The van der Waals surface area contributed by atoms with Crippen LogP contribution >= 0.6 is 12.4 Å². The highest BCUT2D eigenvalue weighted by atomic mass is 35.5. The van der Waals surface area contributed by atoms with Gasteiger partial charge in [0.05, 0.1) is 11.0 Å². The minimum absolute atomic E-state index is 0. The fourth-order valence-electron chi connectivity index (χ4n) is 3.10. The smallest absolute Gasteiger partial charge is 0.293 e. The molecule has 0 bridgehead atoms. The van der Waals surface area contributed by atoms with Crippen LogP contribution in [0.3, 0.4) is 0 Å². The number of ether oxygens (including phenoxy) is 2. The number of likely N-dealkylation sites (N-methyl/N-ethyl adjacent to an activating group) is 1. The van der Waals surface area contributed by atoms with E-state index in [9.17, 15) is 18.5 Å². The molecule has 1 unspecified atom stereocenters. The van der Waals surface area contributed by atoms with Crippen LogP contribution in [0.1, 0.15) is 12.8 Å². The Morgan fingerprint density at radius 3 is 2.56 bits per heavy atom. The Labute approximate surface area is 151 Å². The second kappa shape index (κ2) is 7.73. The molecule has 11 heteroatoms. The molecular formula is C14H20ClN3O6S. The third-order valence-corrected chi connectivity index (χ3v) is 6.15. The van der Waals surface area contributed by atoms with Crippen LogP contribution in [0.25, 0.3) is 0 Å². The van der Waals surface area contributed by atoms with Crippen LogP contribution in [-0.4, -0.2) is 57.0 Å². The molecule has 3 rings (SSSR count). The molecule has 1 aromatic carbocycles. The first-order valence-corrected chi connectivity index (χ1v) is 9.13. The molecule has 0 amide bonds. The Morgan fingerprint density at radius 1 is 1.32 bits per heavy atom. The average Bonchev–Trinajstić information content (AvgIpc) is 3.03. The summed E-state index contributed by atoms with van der Waals surface area (Å²) in [5, 5.41) is 14.4. The maximum absolute atomic E-state index is 13.0. The molecular weight excluding hydrogens is 374 g/mol. The molecule has 2 aliphatic rings. The van der Waals surface area contributed by atoms with Crippen molar-refractivity contribution in [2.45, 2.75) is 23.8 Å². The van der Waals surface area contributed by atoms with Crippen molar-refractivity contribution in [3.05, 3.63) is 22.2 Å². The highest BCUT2D eigenvalue weighted by Crippen LogP contribution is 2.40. The van der Waals surface area contributed by atoms with Crippen LogP contribution in [0.2, 0.25) is 0 Å². The summed E-state index contributed by atoms with van der Waals surface area (Å²) in [4.78, 5) is 10.3. The Morgan fingerprint density at radius 2 is 1.96 bits per heavy atom. The van der Waals surface area contributed by atoms with Crippen molar-refractivity contribution in [2.75, 3.05) is 33.4 Å². The number of halogens is 1. The zero-order chi connectivity index (χ0) is 17.3. The predicted octanol–water partition coefficient (Wildman–Crippen LogP) is 1.16. The van der Waals surface area contributed by atoms with Gasteiger partial charge in [-0.3, -0.25) is 10.1 Å².